The summed E-state index contributed by atoms with van der Waals surface area (Å²) in [5, 5.41) is 0. The van der Waals surface area contributed by atoms with Crippen LogP contribution in [-0.4, -0.2) is 18.4 Å². The van der Waals surface area contributed by atoms with Crippen molar-refractivity contribution in [2.45, 2.75) is 32.6 Å². The van der Waals surface area contributed by atoms with Crippen LogP contribution < -0.4 is 4.18 Å². The molecule has 0 spiro atoms. The second kappa shape index (κ2) is 5.20. The van der Waals surface area contributed by atoms with Gasteiger partial charge in [0.1, 0.15) is 10.7 Å². The van der Waals surface area contributed by atoms with Crippen LogP contribution in [0.3, 0.4) is 0 Å². The third-order valence-corrected chi connectivity index (χ3v) is 4.33. The quantitative estimate of drug-likeness (QED) is 0.813. The molecule has 106 valence electrons. The molecule has 0 saturated carbocycles. The van der Waals surface area contributed by atoms with Crippen LogP contribution >= 0.6 is 0 Å². The summed E-state index contributed by atoms with van der Waals surface area (Å²) in [5.41, 5.74) is 2.33. The molecule has 6 heteroatoms. The molecule has 20 heavy (non-hydrogen) atoms. The molecule has 0 amide bonds. The summed E-state index contributed by atoms with van der Waals surface area (Å²) in [6.45, 7) is 7.09. The van der Waals surface area contributed by atoms with Gasteiger partial charge in [0.25, 0.3) is 0 Å². The van der Waals surface area contributed by atoms with Gasteiger partial charge in [-0.25, -0.2) is 4.98 Å². The van der Waals surface area contributed by atoms with E-state index in [0.717, 1.165) is 5.56 Å². The fourth-order valence-corrected chi connectivity index (χ4v) is 3.50. The van der Waals surface area contributed by atoms with Crippen molar-refractivity contribution in [3.8, 4) is 5.88 Å². The molecule has 0 aliphatic rings. The molecule has 5 nitrogen and oxygen atoms in total. The monoisotopic (exact) mass is 292 g/mol. The number of benzene rings is 1. The molecule has 2 rings (SSSR count). The van der Waals surface area contributed by atoms with E-state index in [0.29, 0.717) is 17.0 Å². The zero-order chi connectivity index (χ0) is 14.9. The smallest absolute Gasteiger partial charge is 0.341 e. The summed E-state index contributed by atoms with van der Waals surface area (Å²) >= 11 is 0. The van der Waals surface area contributed by atoms with Gasteiger partial charge in [0, 0.05) is 12.3 Å². The van der Waals surface area contributed by atoms with E-state index >= 15 is 0 Å². The Bertz CT molecular complexity index is 732. The average Bonchev–Trinajstić information content (AvgIpc) is 2.25. The highest BCUT2D eigenvalue weighted by Gasteiger charge is 2.22. The summed E-state index contributed by atoms with van der Waals surface area (Å²) in [6.07, 6.45) is 1.46. The molecule has 0 fully saturated rings. The van der Waals surface area contributed by atoms with Crippen LogP contribution in [0.1, 0.15) is 22.5 Å². The van der Waals surface area contributed by atoms with Crippen LogP contribution in [0.15, 0.2) is 29.3 Å². The lowest BCUT2D eigenvalue weighted by molar-refractivity contribution is 0.473. The fourth-order valence-electron chi connectivity index (χ4n) is 2.20. The highest BCUT2D eigenvalue weighted by Crippen LogP contribution is 2.24. The van der Waals surface area contributed by atoms with Crippen molar-refractivity contribution in [1.29, 1.82) is 0 Å². The summed E-state index contributed by atoms with van der Waals surface area (Å²) < 4.78 is 29.9. The van der Waals surface area contributed by atoms with Gasteiger partial charge in [-0.15, -0.1) is 0 Å². The Balaban J connectivity index is 2.46. The van der Waals surface area contributed by atoms with Crippen LogP contribution in [0.25, 0.3) is 0 Å². The van der Waals surface area contributed by atoms with Crippen molar-refractivity contribution in [1.82, 2.24) is 9.97 Å². The molecule has 0 aliphatic heterocycles. The first-order valence-corrected chi connectivity index (χ1v) is 7.52. The molecule has 1 heterocycles. The SMILES string of the molecule is Cc1cc(C)c(S(=O)(=O)Oc2ccnc(C)n2)c(C)c1. The molecule has 1 aromatic carbocycles. The van der Waals surface area contributed by atoms with Gasteiger partial charge < -0.3 is 4.18 Å². The lowest BCUT2D eigenvalue weighted by Crippen LogP contribution is -2.14. The number of nitrogens with zero attached hydrogens (tertiary/aromatic N) is 2. The van der Waals surface area contributed by atoms with Crippen LogP contribution in [0.2, 0.25) is 0 Å². The van der Waals surface area contributed by atoms with E-state index in [9.17, 15) is 8.42 Å². The van der Waals surface area contributed by atoms with Crippen molar-refractivity contribution >= 4 is 10.1 Å². The van der Waals surface area contributed by atoms with E-state index in [2.05, 4.69) is 9.97 Å². The fraction of sp³-hybridized carbons (Fsp3) is 0.286. The zero-order valence-corrected chi connectivity index (χ0v) is 12.7. The van der Waals surface area contributed by atoms with Crippen molar-refractivity contribution in [2.24, 2.45) is 0 Å². The van der Waals surface area contributed by atoms with Crippen LogP contribution in [0, 0.1) is 27.7 Å². The maximum atomic E-state index is 12.4. The molecule has 2 aromatic rings. The maximum absolute atomic E-state index is 12.4. The van der Waals surface area contributed by atoms with Gasteiger partial charge in [-0.2, -0.15) is 13.4 Å². The first kappa shape index (κ1) is 14.5. The minimum absolute atomic E-state index is 0.0249. The van der Waals surface area contributed by atoms with E-state index in [4.69, 9.17) is 4.18 Å². The molecule has 0 radical (unpaired) electrons. The Morgan fingerprint density at radius 1 is 1.05 bits per heavy atom. The molecule has 0 atom stereocenters. The number of hydrogen-bond donors (Lipinski definition) is 0. The normalized spacial score (nSPS) is 11.4. The van der Waals surface area contributed by atoms with Gasteiger partial charge in [0.05, 0.1) is 0 Å². The number of hydrogen-bond acceptors (Lipinski definition) is 5. The first-order chi connectivity index (χ1) is 9.29. The van der Waals surface area contributed by atoms with Crippen LogP contribution in [0.4, 0.5) is 0 Å². The maximum Gasteiger partial charge on any atom is 0.341 e. The third kappa shape index (κ3) is 2.96. The Hall–Kier alpha value is -1.95. The Labute approximate surface area is 118 Å². The standard InChI is InChI=1S/C14H16N2O3S/c1-9-7-10(2)14(11(3)8-9)20(17,18)19-13-5-6-15-12(4)16-13/h5-8H,1-4H3. The largest absolute Gasteiger partial charge is 0.358 e. The van der Waals surface area contributed by atoms with E-state index in [-0.39, 0.29) is 10.8 Å². The molecule has 0 saturated heterocycles. The molecular weight excluding hydrogens is 276 g/mol. The highest BCUT2D eigenvalue weighted by atomic mass is 32.2. The minimum Gasteiger partial charge on any atom is -0.358 e. The van der Waals surface area contributed by atoms with Gasteiger partial charge in [-0.05, 0) is 38.8 Å². The summed E-state index contributed by atoms with van der Waals surface area (Å²) in [5.74, 6) is 0.479. The van der Waals surface area contributed by atoms with Crippen molar-refractivity contribution < 1.29 is 12.6 Å². The number of rotatable bonds is 3. The molecular formula is C14H16N2O3S. The van der Waals surface area contributed by atoms with Gasteiger partial charge >= 0.3 is 10.1 Å². The van der Waals surface area contributed by atoms with Crippen LogP contribution in [-0.2, 0) is 10.1 Å². The Morgan fingerprint density at radius 2 is 1.65 bits per heavy atom. The van der Waals surface area contributed by atoms with Crippen LogP contribution in [0.5, 0.6) is 5.88 Å². The molecule has 1 aromatic heterocycles. The van der Waals surface area contributed by atoms with Crippen molar-refractivity contribution in [3.05, 3.63) is 46.9 Å². The second-order valence-corrected chi connectivity index (χ2v) is 6.19. The second-order valence-electron chi connectivity index (χ2n) is 4.71. The van der Waals surface area contributed by atoms with Gasteiger partial charge in [0.15, 0.2) is 0 Å². The van der Waals surface area contributed by atoms with Gasteiger partial charge in [-0.1, -0.05) is 17.7 Å². The molecule has 0 unspecified atom stereocenters. The number of aromatic nitrogens is 2. The summed E-state index contributed by atoms with van der Waals surface area (Å²) in [4.78, 5) is 8.05. The Morgan fingerprint density at radius 3 is 2.20 bits per heavy atom. The molecule has 0 aliphatic carbocycles. The molecule has 0 N–H and O–H groups in total. The van der Waals surface area contributed by atoms with Crippen molar-refractivity contribution in [2.75, 3.05) is 0 Å². The average molecular weight is 292 g/mol. The van der Waals surface area contributed by atoms with E-state index in [1.807, 2.05) is 19.1 Å². The van der Waals surface area contributed by atoms with Gasteiger partial charge in [0.2, 0.25) is 5.88 Å². The lowest BCUT2D eigenvalue weighted by Gasteiger charge is -2.12. The highest BCUT2D eigenvalue weighted by molar-refractivity contribution is 7.87. The topological polar surface area (TPSA) is 69.2 Å². The first-order valence-electron chi connectivity index (χ1n) is 6.11. The van der Waals surface area contributed by atoms with Crippen molar-refractivity contribution in [3.63, 3.8) is 0 Å². The third-order valence-electron chi connectivity index (χ3n) is 2.80. The van der Waals surface area contributed by atoms with E-state index < -0.39 is 10.1 Å². The molecule has 0 bridgehead atoms. The Kier molecular flexibility index (Phi) is 3.76. The number of aryl methyl sites for hydroxylation is 4. The van der Waals surface area contributed by atoms with E-state index in [1.165, 1.54) is 12.3 Å². The minimum atomic E-state index is -3.90. The summed E-state index contributed by atoms with van der Waals surface area (Å²) in [6, 6.07) is 5.05. The summed E-state index contributed by atoms with van der Waals surface area (Å²) in [7, 11) is -3.90. The lowest BCUT2D eigenvalue weighted by atomic mass is 10.1. The predicted octanol–water partition coefficient (Wildman–Crippen LogP) is 2.48. The van der Waals surface area contributed by atoms with Gasteiger partial charge in [-0.3, -0.25) is 0 Å². The zero-order valence-electron chi connectivity index (χ0n) is 11.8. The van der Waals surface area contributed by atoms with E-state index in [1.54, 1.807) is 20.8 Å². The predicted molar refractivity (Wildman–Crippen MR) is 75.2 cm³/mol.